The summed E-state index contributed by atoms with van der Waals surface area (Å²) in [4.78, 5) is 23.4. The molecule has 0 bridgehead atoms. The average Bonchev–Trinajstić information content (AvgIpc) is 2.65. The van der Waals surface area contributed by atoms with Crippen LogP contribution in [-0.4, -0.2) is 24.0 Å². The van der Waals surface area contributed by atoms with Crippen LogP contribution in [0.1, 0.15) is 6.92 Å². The van der Waals surface area contributed by atoms with Crippen LogP contribution in [0.25, 0.3) is 0 Å². The van der Waals surface area contributed by atoms with Crippen molar-refractivity contribution in [3.63, 3.8) is 0 Å². The molecule has 2 aromatic carbocycles. The first-order valence-electron chi connectivity index (χ1n) is 7.52. The molecule has 0 atom stereocenters. The number of halogens is 2. The summed E-state index contributed by atoms with van der Waals surface area (Å²) in [6.45, 7) is 5.00. The van der Waals surface area contributed by atoms with Gasteiger partial charge in [-0.1, -0.05) is 17.8 Å². The number of carbonyl (C=O) groups excluding carboxylic acids is 2. The van der Waals surface area contributed by atoms with Gasteiger partial charge in [-0.3, -0.25) is 9.59 Å². The second-order valence-corrected chi connectivity index (χ2v) is 5.52. The van der Waals surface area contributed by atoms with Crippen LogP contribution in [0, 0.1) is 18.6 Å². The van der Waals surface area contributed by atoms with Crippen LogP contribution >= 0.6 is 11.8 Å². The number of thioether (sulfide) groups is 1. The number of carbonyl (C=O) groups is 2. The summed E-state index contributed by atoms with van der Waals surface area (Å²) in [6.07, 6.45) is 0. The molecule has 146 valence electrons. The third kappa shape index (κ3) is 8.54. The van der Waals surface area contributed by atoms with Crippen LogP contribution in [0.5, 0.6) is 5.75 Å². The van der Waals surface area contributed by atoms with Crippen LogP contribution in [0.4, 0.5) is 25.0 Å². The Morgan fingerprint density at radius 3 is 2.11 bits per heavy atom. The molecule has 2 N–H and O–H groups in total. The quantitative estimate of drug-likeness (QED) is 0.516. The van der Waals surface area contributed by atoms with Crippen molar-refractivity contribution >= 4 is 34.3 Å². The number of nitrogens with one attached hydrogen (secondary N) is 2. The number of amides is 2. The van der Waals surface area contributed by atoms with E-state index in [9.17, 15) is 18.4 Å². The Balaban J connectivity index is 0.00000218. The molecule has 0 unspecified atom stereocenters. The van der Waals surface area contributed by atoms with Gasteiger partial charge in [-0.05, 0) is 36.4 Å². The van der Waals surface area contributed by atoms with Gasteiger partial charge in [0.05, 0.1) is 12.9 Å². The maximum absolute atomic E-state index is 13.4. The zero-order chi connectivity index (χ0) is 19.5. The Kier molecular flexibility index (Phi) is 12.3. The summed E-state index contributed by atoms with van der Waals surface area (Å²) < 4.78 is 31.8. The predicted molar refractivity (Wildman–Crippen MR) is 100 cm³/mol. The molecule has 0 aromatic heterocycles. The number of ether oxygens (including phenoxy) is 1. The molecule has 0 saturated carbocycles. The number of methoxy groups -OCH3 is 1. The van der Waals surface area contributed by atoms with Crippen molar-refractivity contribution in [1.29, 1.82) is 0 Å². The van der Waals surface area contributed by atoms with E-state index in [1.807, 2.05) is 0 Å². The monoisotopic (exact) mass is 565 g/mol. The molecule has 0 spiro atoms. The molecule has 0 radical (unpaired) electrons. The van der Waals surface area contributed by atoms with Crippen LogP contribution in [0.3, 0.4) is 0 Å². The van der Waals surface area contributed by atoms with Gasteiger partial charge in [0.1, 0.15) is 23.1 Å². The topological polar surface area (TPSA) is 67.4 Å². The molecule has 9 heteroatoms. The SMILES string of the molecule is COc1ccc(NC(=O)CSC(=O)Nc2c(F)cccc2F)cc1.[CH2-]C.[W]. The number of hydrogen-bond donors (Lipinski definition) is 2. The van der Waals surface area contributed by atoms with Crippen molar-refractivity contribution in [2.24, 2.45) is 0 Å². The van der Waals surface area contributed by atoms with Gasteiger partial charge in [-0.2, -0.15) is 6.92 Å². The predicted octanol–water partition coefficient (Wildman–Crippen LogP) is 4.72. The van der Waals surface area contributed by atoms with E-state index in [1.54, 1.807) is 31.2 Å². The fraction of sp³-hybridized carbons (Fsp3) is 0.167. The van der Waals surface area contributed by atoms with Crippen molar-refractivity contribution < 1.29 is 44.2 Å². The van der Waals surface area contributed by atoms with E-state index in [1.165, 1.54) is 13.2 Å². The minimum absolute atomic E-state index is 0. The Morgan fingerprint density at radius 1 is 1.04 bits per heavy atom. The number of benzene rings is 2. The molecule has 2 rings (SSSR count). The molecule has 5 nitrogen and oxygen atoms in total. The van der Waals surface area contributed by atoms with E-state index >= 15 is 0 Å². The van der Waals surface area contributed by atoms with Crippen molar-refractivity contribution in [3.05, 3.63) is 61.0 Å². The van der Waals surface area contributed by atoms with Crippen LogP contribution in [0.2, 0.25) is 0 Å². The normalized spacial score (nSPS) is 9.22. The van der Waals surface area contributed by atoms with Gasteiger partial charge in [0.25, 0.3) is 5.24 Å². The maximum atomic E-state index is 13.4. The average molecular weight is 565 g/mol. The molecule has 0 aliphatic heterocycles. The Hall–Kier alpha value is -1.92. The van der Waals surface area contributed by atoms with Crippen molar-refractivity contribution in [1.82, 2.24) is 0 Å². The molecular weight excluding hydrogens is 546 g/mol. The van der Waals surface area contributed by atoms with E-state index in [0.29, 0.717) is 23.2 Å². The fourth-order valence-corrected chi connectivity index (χ4v) is 2.27. The van der Waals surface area contributed by atoms with Gasteiger partial charge in [0.2, 0.25) is 5.91 Å². The van der Waals surface area contributed by atoms with E-state index < -0.39 is 28.5 Å². The minimum Gasteiger partial charge on any atom is -0.497 e. The molecule has 0 aliphatic carbocycles. The zero-order valence-corrected chi connectivity index (χ0v) is 18.5. The van der Waals surface area contributed by atoms with Gasteiger partial charge in [-0.15, -0.1) is 0 Å². The first kappa shape index (κ1) is 25.1. The summed E-state index contributed by atoms with van der Waals surface area (Å²) in [5.74, 6) is -1.74. The van der Waals surface area contributed by atoms with Gasteiger partial charge in [-0.25, -0.2) is 8.78 Å². The Labute approximate surface area is 175 Å². The molecule has 0 aliphatic rings. The number of hydrogen-bond acceptors (Lipinski definition) is 4. The molecular formula is C18H19F2N2O3SW-. The van der Waals surface area contributed by atoms with Crippen LogP contribution in [-0.2, 0) is 25.9 Å². The van der Waals surface area contributed by atoms with Gasteiger partial charge >= 0.3 is 0 Å². The molecule has 2 aromatic rings. The first-order chi connectivity index (χ1) is 12.5. The fourth-order valence-electron chi connectivity index (χ4n) is 1.76. The Bertz CT molecular complexity index is 726. The summed E-state index contributed by atoms with van der Waals surface area (Å²) in [6, 6.07) is 9.90. The van der Waals surface area contributed by atoms with E-state index in [2.05, 4.69) is 17.6 Å². The Morgan fingerprint density at radius 2 is 1.59 bits per heavy atom. The van der Waals surface area contributed by atoms with Crippen molar-refractivity contribution in [3.8, 4) is 5.75 Å². The van der Waals surface area contributed by atoms with Crippen LogP contribution in [0.15, 0.2) is 42.5 Å². The molecule has 27 heavy (non-hydrogen) atoms. The summed E-state index contributed by atoms with van der Waals surface area (Å²) >= 11 is 0.604. The molecule has 0 heterocycles. The van der Waals surface area contributed by atoms with Crippen molar-refractivity contribution in [2.45, 2.75) is 6.92 Å². The summed E-state index contributed by atoms with van der Waals surface area (Å²) in [5, 5.41) is 3.95. The smallest absolute Gasteiger partial charge is 0.284 e. The van der Waals surface area contributed by atoms with Gasteiger partial charge < -0.3 is 22.3 Å². The molecule has 0 saturated heterocycles. The van der Waals surface area contributed by atoms with E-state index in [0.717, 1.165) is 12.1 Å². The molecule has 0 fully saturated rings. The van der Waals surface area contributed by atoms with Gasteiger partial charge in [0.15, 0.2) is 0 Å². The largest absolute Gasteiger partial charge is 0.497 e. The zero-order valence-electron chi connectivity index (χ0n) is 14.8. The second-order valence-electron chi connectivity index (χ2n) is 4.57. The molecule has 2 amide bonds. The standard InChI is InChI=1S/C16H14F2N2O3S.C2H5.W/c1-23-11-7-5-10(6-8-11)19-14(21)9-24-16(22)20-15-12(17)3-2-4-13(15)18;1-2;/h2-8H,9H2,1H3,(H,19,21)(H,20,22);1H2,2H3;/q;-1;. The van der Waals surface area contributed by atoms with Crippen LogP contribution < -0.4 is 15.4 Å². The number of anilines is 2. The third-order valence-electron chi connectivity index (χ3n) is 2.90. The van der Waals surface area contributed by atoms with Gasteiger partial charge in [0, 0.05) is 26.8 Å². The second kappa shape index (κ2) is 13.3. The van der Waals surface area contributed by atoms with E-state index in [4.69, 9.17) is 4.74 Å². The third-order valence-corrected chi connectivity index (χ3v) is 3.67. The maximum Gasteiger partial charge on any atom is 0.284 e. The number of rotatable bonds is 5. The summed E-state index contributed by atoms with van der Waals surface area (Å²) in [5.41, 5.74) is 0.00696. The number of para-hydroxylation sites is 1. The summed E-state index contributed by atoms with van der Waals surface area (Å²) in [7, 11) is 1.53. The van der Waals surface area contributed by atoms with E-state index in [-0.39, 0.29) is 26.8 Å². The van der Waals surface area contributed by atoms with Crippen molar-refractivity contribution in [2.75, 3.05) is 23.5 Å². The minimum atomic E-state index is -0.883. The first-order valence-corrected chi connectivity index (χ1v) is 8.50.